The lowest BCUT2D eigenvalue weighted by Crippen LogP contribution is -2.27. The van der Waals surface area contributed by atoms with Crippen LogP contribution in [0.15, 0.2) is 36.4 Å². The van der Waals surface area contributed by atoms with Crippen LogP contribution in [0.25, 0.3) is 0 Å². The zero-order chi connectivity index (χ0) is 18.7. The molecule has 1 fully saturated rings. The summed E-state index contributed by atoms with van der Waals surface area (Å²) in [5.74, 6) is -1.57. The summed E-state index contributed by atoms with van der Waals surface area (Å²) in [4.78, 5) is 38.3. The van der Waals surface area contributed by atoms with Crippen LogP contribution in [0.3, 0.4) is 0 Å². The second-order valence-electron chi connectivity index (χ2n) is 5.90. The van der Waals surface area contributed by atoms with Gasteiger partial charge >= 0.3 is 5.97 Å². The van der Waals surface area contributed by atoms with Gasteiger partial charge < -0.3 is 9.64 Å². The lowest BCUT2D eigenvalue weighted by Gasteiger charge is -2.17. The van der Waals surface area contributed by atoms with Gasteiger partial charge in [-0.05, 0) is 23.8 Å². The number of halogens is 2. The molecule has 26 heavy (non-hydrogen) atoms. The highest BCUT2D eigenvalue weighted by atomic mass is 35.5. The molecule has 1 aliphatic heterocycles. The molecule has 1 amide bonds. The summed E-state index contributed by atoms with van der Waals surface area (Å²) in [6.45, 7) is 0.238. The Bertz CT molecular complexity index is 851. The number of rotatable bonds is 6. The van der Waals surface area contributed by atoms with Crippen molar-refractivity contribution < 1.29 is 19.1 Å². The molecule has 0 aliphatic carbocycles. The number of Topliss-reactive ketones (excluding diaryl/α,β-unsaturated/α-hetero) is 1. The second kappa shape index (κ2) is 8.20. The van der Waals surface area contributed by atoms with Gasteiger partial charge in [0.25, 0.3) is 0 Å². The number of hydrogen-bond donors (Lipinski definition) is 0. The summed E-state index contributed by atoms with van der Waals surface area (Å²) in [6, 6.07) is 10.5. The predicted molar refractivity (Wildman–Crippen MR) is 99.6 cm³/mol. The number of amides is 1. The summed E-state index contributed by atoms with van der Waals surface area (Å²) >= 11 is 13.0. The van der Waals surface area contributed by atoms with E-state index in [-0.39, 0.29) is 31.3 Å². The van der Waals surface area contributed by atoms with Gasteiger partial charge in [0.2, 0.25) is 11.7 Å². The third-order valence-corrected chi connectivity index (χ3v) is 5.70. The standard InChI is InChI=1S/C18H15Cl2NO4S/c19-13-4-2-1-3-11(13)8-21-9-12(7-17(21)23)18(24)25-10-14(22)15-5-6-16(20)26-15/h1-6,12H,7-10H2/t12-/m0/s1. The maximum absolute atomic E-state index is 12.2. The number of benzene rings is 1. The number of carbonyl (C=O) groups is 3. The first kappa shape index (κ1) is 18.9. The lowest BCUT2D eigenvalue weighted by molar-refractivity contribution is -0.147. The fourth-order valence-electron chi connectivity index (χ4n) is 2.70. The molecule has 0 N–H and O–H groups in total. The summed E-state index contributed by atoms with van der Waals surface area (Å²) < 4.78 is 5.59. The Kier molecular flexibility index (Phi) is 5.96. The van der Waals surface area contributed by atoms with Crippen molar-refractivity contribution in [2.45, 2.75) is 13.0 Å². The van der Waals surface area contributed by atoms with Crippen molar-refractivity contribution in [1.82, 2.24) is 4.90 Å². The monoisotopic (exact) mass is 411 g/mol. The van der Waals surface area contributed by atoms with E-state index in [0.717, 1.165) is 16.9 Å². The first-order valence-corrected chi connectivity index (χ1v) is 9.47. The average Bonchev–Trinajstić information content (AvgIpc) is 3.21. The van der Waals surface area contributed by atoms with Gasteiger partial charge in [0.15, 0.2) is 6.61 Å². The van der Waals surface area contributed by atoms with Crippen molar-refractivity contribution in [2.75, 3.05) is 13.2 Å². The lowest BCUT2D eigenvalue weighted by atomic mass is 10.1. The topological polar surface area (TPSA) is 63.7 Å². The van der Waals surface area contributed by atoms with E-state index in [1.807, 2.05) is 18.2 Å². The van der Waals surface area contributed by atoms with Crippen molar-refractivity contribution in [3.63, 3.8) is 0 Å². The molecule has 0 radical (unpaired) electrons. The highest BCUT2D eigenvalue weighted by Gasteiger charge is 2.35. The molecule has 1 atom stereocenters. The highest BCUT2D eigenvalue weighted by Crippen LogP contribution is 2.25. The zero-order valence-electron chi connectivity index (χ0n) is 13.6. The number of ether oxygens (including phenoxy) is 1. The van der Waals surface area contributed by atoms with Crippen LogP contribution in [-0.2, 0) is 20.9 Å². The van der Waals surface area contributed by atoms with Crippen molar-refractivity contribution in [1.29, 1.82) is 0 Å². The van der Waals surface area contributed by atoms with Crippen LogP contribution < -0.4 is 0 Å². The number of thiophene rings is 1. The Morgan fingerprint density at radius 2 is 1.96 bits per heavy atom. The molecule has 0 unspecified atom stereocenters. The largest absolute Gasteiger partial charge is 0.457 e. The van der Waals surface area contributed by atoms with E-state index in [4.69, 9.17) is 27.9 Å². The molecule has 5 nitrogen and oxygen atoms in total. The van der Waals surface area contributed by atoms with Gasteiger partial charge in [-0.3, -0.25) is 14.4 Å². The van der Waals surface area contributed by atoms with E-state index in [9.17, 15) is 14.4 Å². The molecule has 0 spiro atoms. The number of ketones is 1. The minimum atomic E-state index is -0.579. The summed E-state index contributed by atoms with van der Waals surface area (Å²) in [7, 11) is 0. The van der Waals surface area contributed by atoms with Crippen molar-refractivity contribution in [2.24, 2.45) is 5.92 Å². The molecule has 1 aliphatic rings. The average molecular weight is 412 g/mol. The van der Waals surface area contributed by atoms with Crippen molar-refractivity contribution in [3.8, 4) is 0 Å². The van der Waals surface area contributed by atoms with Gasteiger partial charge in [-0.2, -0.15) is 0 Å². The zero-order valence-corrected chi connectivity index (χ0v) is 15.9. The van der Waals surface area contributed by atoms with Crippen LogP contribution in [0.5, 0.6) is 0 Å². The molecule has 8 heteroatoms. The summed E-state index contributed by atoms with van der Waals surface area (Å²) in [5, 5.41) is 0.575. The Balaban J connectivity index is 1.53. The molecule has 1 aromatic carbocycles. The van der Waals surface area contributed by atoms with Crippen LogP contribution in [0.2, 0.25) is 9.36 Å². The van der Waals surface area contributed by atoms with Gasteiger partial charge in [0.05, 0.1) is 15.1 Å². The third-order valence-electron chi connectivity index (χ3n) is 4.06. The van der Waals surface area contributed by atoms with Crippen LogP contribution in [0.4, 0.5) is 0 Å². The van der Waals surface area contributed by atoms with Crippen molar-refractivity contribution >= 4 is 52.2 Å². The quantitative estimate of drug-likeness (QED) is 0.535. The fraction of sp³-hybridized carbons (Fsp3) is 0.278. The molecule has 0 bridgehead atoms. The highest BCUT2D eigenvalue weighted by molar-refractivity contribution is 7.18. The molecule has 2 heterocycles. The molecule has 3 rings (SSSR count). The number of hydrogen-bond acceptors (Lipinski definition) is 5. The van der Waals surface area contributed by atoms with E-state index in [0.29, 0.717) is 20.8 Å². The van der Waals surface area contributed by atoms with E-state index < -0.39 is 11.9 Å². The first-order valence-electron chi connectivity index (χ1n) is 7.90. The molecular formula is C18H15Cl2NO4S. The number of esters is 1. The smallest absolute Gasteiger partial charge is 0.311 e. The molecule has 136 valence electrons. The molecule has 1 aromatic heterocycles. The Labute approximate surface area is 164 Å². The Hall–Kier alpha value is -1.89. The minimum Gasteiger partial charge on any atom is -0.457 e. The van der Waals surface area contributed by atoms with Crippen molar-refractivity contribution in [3.05, 3.63) is 56.2 Å². The summed E-state index contributed by atoms with van der Waals surface area (Å²) in [5.41, 5.74) is 0.821. The Morgan fingerprint density at radius 1 is 1.19 bits per heavy atom. The maximum atomic E-state index is 12.2. The van der Waals surface area contributed by atoms with Gasteiger partial charge in [-0.15, -0.1) is 11.3 Å². The SMILES string of the molecule is O=C(COC(=O)[C@H]1CC(=O)N(Cc2ccccc2Cl)C1)c1ccc(Cl)s1. The first-order chi connectivity index (χ1) is 12.4. The van der Waals surface area contributed by atoms with Crippen LogP contribution >= 0.6 is 34.5 Å². The minimum absolute atomic E-state index is 0.0717. The molecule has 0 saturated carbocycles. The van der Waals surface area contributed by atoms with E-state index in [2.05, 4.69) is 0 Å². The van der Waals surface area contributed by atoms with Gasteiger partial charge in [0.1, 0.15) is 0 Å². The second-order valence-corrected chi connectivity index (χ2v) is 8.02. The molecule has 1 saturated heterocycles. The van der Waals surface area contributed by atoms with E-state index >= 15 is 0 Å². The van der Waals surface area contributed by atoms with Crippen LogP contribution in [-0.4, -0.2) is 35.7 Å². The van der Waals surface area contributed by atoms with E-state index in [1.165, 1.54) is 0 Å². The van der Waals surface area contributed by atoms with Gasteiger partial charge in [-0.25, -0.2) is 0 Å². The number of likely N-dealkylation sites (tertiary alicyclic amines) is 1. The van der Waals surface area contributed by atoms with Gasteiger partial charge in [-0.1, -0.05) is 41.4 Å². The van der Waals surface area contributed by atoms with Crippen LogP contribution in [0.1, 0.15) is 21.7 Å². The molecule has 2 aromatic rings. The third kappa shape index (κ3) is 4.44. The van der Waals surface area contributed by atoms with Crippen LogP contribution in [0, 0.1) is 5.92 Å². The fourth-order valence-corrected chi connectivity index (χ4v) is 3.87. The Morgan fingerprint density at radius 3 is 2.65 bits per heavy atom. The maximum Gasteiger partial charge on any atom is 0.311 e. The van der Waals surface area contributed by atoms with Gasteiger partial charge in [0, 0.05) is 24.5 Å². The number of carbonyl (C=O) groups excluding carboxylic acids is 3. The predicted octanol–water partition coefficient (Wildman–Crippen LogP) is 3.83. The summed E-state index contributed by atoms with van der Waals surface area (Å²) in [6.07, 6.45) is 0.0717. The normalized spacial score (nSPS) is 16.8. The number of nitrogens with zero attached hydrogens (tertiary/aromatic N) is 1. The van der Waals surface area contributed by atoms with E-state index in [1.54, 1.807) is 23.1 Å². The molecular weight excluding hydrogens is 397 g/mol.